The van der Waals surface area contributed by atoms with E-state index in [0.717, 1.165) is 25.8 Å². The summed E-state index contributed by atoms with van der Waals surface area (Å²) >= 11 is 0. The Morgan fingerprint density at radius 2 is 2.12 bits per heavy atom. The zero-order valence-electron chi connectivity index (χ0n) is 16.2. The first-order chi connectivity index (χ1) is 11.8. The summed E-state index contributed by atoms with van der Waals surface area (Å²) in [4.78, 5) is 14.7. The van der Waals surface area contributed by atoms with E-state index in [-0.39, 0.29) is 10.9 Å². The maximum absolute atomic E-state index is 12.6. The quantitative estimate of drug-likeness (QED) is 0.740. The Balaban J connectivity index is 1.88. The molecule has 1 aromatic heterocycles. The van der Waals surface area contributed by atoms with E-state index in [1.54, 1.807) is 4.68 Å². The maximum atomic E-state index is 12.6. The number of hydrogen-bond donors (Lipinski definition) is 1. The van der Waals surface area contributed by atoms with Gasteiger partial charge in [0.15, 0.2) is 0 Å². The molecule has 2 unspecified atom stereocenters. The van der Waals surface area contributed by atoms with Crippen LogP contribution in [0.3, 0.4) is 0 Å². The van der Waals surface area contributed by atoms with Crippen molar-refractivity contribution in [1.29, 1.82) is 0 Å². The van der Waals surface area contributed by atoms with Gasteiger partial charge in [-0.3, -0.25) is 14.4 Å². The van der Waals surface area contributed by atoms with Gasteiger partial charge in [-0.2, -0.15) is 5.10 Å². The predicted octanol–water partition coefficient (Wildman–Crippen LogP) is 1.36. The second kappa shape index (κ2) is 7.28. The minimum atomic E-state index is -3.71. The van der Waals surface area contributed by atoms with E-state index in [2.05, 4.69) is 10.00 Å². The molecular formula is C17H30N4O4S. The van der Waals surface area contributed by atoms with Gasteiger partial charge in [0, 0.05) is 19.3 Å². The molecule has 2 rings (SSSR count). The van der Waals surface area contributed by atoms with Crippen molar-refractivity contribution in [2.24, 2.45) is 11.1 Å². The summed E-state index contributed by atoms with van der Waals surface area (Å²) in [5.41, 5.74) is -1.11. The van der Waals surface area contributed by atoms with E-state index in [0.29, 0.717) is 12.5 Å². The monoisotopic (exact) mass is 386 g/mol. The van der Waals surface area contributed by atoms with E-state index < -0.39 is 21.2 Å². The number of carbonyl (C=O) groups excluding carboxylic acids is 1. The van der Waals surface area contributed by atoms with Crippen LogP contribution in [0.2, 0.25) is 0 Å². The molecule has 26 heavy (non-hydrogen) atoms. The van der Waals surface area contributed by atoms with Gasteiger partial charge in [-0.15, -0.1) is 0 Å². The number of hydrogen-bond acceptors (Lipinski definition) is 6. The number of likely N-dealkylation sites (tertiary alicyclic amines) is 1. The fourth-order valence-corrected chi connectivity index (χ4v) is 3.81. The lowest BCUT2D eigenvalue weighted by atomic mass is 9.91. The molecule has 0 spiro atoms. The van der Waals surface area contributed by atoms with Gasteiger partial charge >= 0.3 is 5.97 Å². The van der Waals surface area contributed by atoms with Gasteiger partial charge in [-0.25, -0.2) is 13.6 Å². The molecule has 2 heterocycles. The highest BCUT2D eigenvalue weighted by molar-refractivity contribution is 7.89. The van der Waals surface area contributed by atoms with Crippen LogP contribution in [-0.4, -0.2) is 53.8 Å². The van der Waals surface area contributed by atoms with Crippen LogP contribution in [0.25, 0.3) is 0 Å². The molecule has 148 valence electrons. The number of aryl methyl sites for hydroxylation is 1. The van der Waals surface area contributed by atoms with Gasteiger partial charge in [0.25, 0.3) is 0 Å². The summed E-state index contributed by atoms with van der Waals surface area (Å²) in [7, 11) is -1.76. The first-order valence-electron chi connectivity index (χ1n) is 8.81. The molecule has 2 N–H and O–H groups in total. The molecule has 0 bridgehead atoms. The van der Waals surface area contributed by atoms with Gasteiger partial charge in [0.05, 0.1) is 6.20 Å². The molecule has 1 aliphatic rings. The van der Waals surface area contributed by atoms with Gasteiger partial charge in [-0.05, 0) is 59.9 Å². The lowest BCUT2D eigenvalue weighted by Crippen LogP contribution is -2.48. The molecule has 0 saturated carbocycles. The summed E-state index contributed by atoms with van der Waals surface area (Å²) in [5, 5.41) is 9.12. The van der Waals surface area contributed by atoms with Crippen LogP contribution < -0.4 is 5.14 Å². The highest BCUT2D eigenvalue weighted by Crippen LogP contribution is 2.36. The number of primary sulfonamides is 1. The summed E-state index contributed by atoms with van der Waals surface area (Å²) in [6.07, 6.45) is 5.22. The van der Waals surface area contributed by atoms with Crippen LogP contribution in [0.15, 0.2) is 17.3 Å². The van der Waals surface area contributed by atoms with E-state index in [4.69, 9.17) is 9.88 Å². The molecule has 1 aliphatic heterocycles. The molecule has 2 atom stereocenters. The Morgan fingerprint density at radius 1 is 1.46 bits per heavy atom. The second-order valence-electron chi connectivity index (χ2n) is 8.35. The van der Waals surface area contributed by atoms with Crippen LogP contribution in [-0.2, 0) is 26.1 Å². The van der Waals surface area contributed by atoms with Gasteiger partial charge in [0.2, 0.25) is 10.0 Å². The molecule has 1 saturated heterocycles. The summed E-state index contributed by atoms with van der Waals surface area (Å²) in [6, 6.07) is 0. The standard InChI is InChI=1S/C17H30N4O4S/c1-16(2,3)25-15(22)17(4)9-13(11-20(17)5)7-6-8-21-12-14(10-19-21)26(18,23)24/h10,12-13H,6-9,11H2,1-5H3,(H2,18,23,24). The maximum Gasteiger partial charge on any atom is 0.326 e. The smallest absolute Gasteiger partial charge is 0.326 e. The highest BCUT2D eigenvalue weighted by Gasteiger charge is 2.47. The number of sulfonamides is 1. The fraction of sp³-hybridized carbons (Fsp3) is 0.765. The van der Waals surface area contributed by atoms with Crippen LogP contribution in [0.4, 0.5) is 0 Å². The zero-order valence-corrected chi connectivity index (χ0v) is 17.0. The summed E-state index contributed by atoms with van der Waals surface area (Å²) in [5.74, 6) is 0.200. The normalized spacial score (nSPS) is 24.8. The van der Waals surface area contributed by atoms with E-state index in [1.165, 1.54) is 12.4 Å². The third-order valence-corrected chi connectivity index (χ3v) is 5.70. The number of carbonyl (C=O) groups is 1. The van der Waals surface area contributed by atoms with Crippen molar-refractivity contribution in [3.05, 3.63) is 12.4 Å². The Hall–Kier alpha value is -1.45. The number of aromatic nitrogens is 2. The van der Waals surface area contributed by atoms with Crippen LogP contribution >= 0.6 is 0 Å². The molecule has 0 radical (unpaired) electrons. The Labute approximate surface area is 155 Å². The Morgan fingerprint density at radius 3 is 2.65 bits per heavy atom. The number of rotatable bonds is 6. The number of ether oxygens (including phenoxy) is 1. The van der Waals surface area contributed by atoms with Crippen LogP contribution in [0.1, 0.15) is 47.0 Å². The Bertz CT molecular complexity index is 753. The molecule has 0 amide bonds. The van der Waals surface area contributed by atoms with E-state index in [9.17, 15) is 13.2 Å². The molecular weight excluding hydrogens is 356 g/mol. The van der Waals surface area contributed by atoms with Crippen molar-refractivity contribution in [2.75, 3.05) is 13.6 Å². The average molecular weight is 387 g/mol. The average Bonchev–Trinajstić information content (AvgIpc) is 3.03. The molecule has 0 aliphatic carbocycles. The topological polar surface area (TPSA) is 108 Å². The lowest BCUT2D eigenvalue weighted by molar-refractivity contribution is -0.166. The van der Waals surface area contributed by atoms with Gasteiger partial charge in [0.1, 0.15) is 16.0 Å². The third kappa shape index (κ3) is 5.05. The van der Waals surface area contributed by atoms with E-state index in [1.807, 2.05) is 34.7 Å². The van der Waals surface area contributed by atoms with Crippen molar-refractivity contribution in [2.45, 2.75) is 69.5 Å². The molecule has 9 heteroatoms. The second-order valence-corrected chi connectivity index (χ2v) is 9.91. The van der Waals surface area contributed by atoms with Crippen LogP contribution in [0, 0.1) is 5.92 Å². The SMILES string of the molecule is CN1CC(CCCn2cc(S(N)(=O)=O)cn2)CC1(C)C(=O)OC(C)(C)C. The predicted molar refractivity (Wildman–Crippen MR) is 97.8 cm³/mol. The first kappa shape index (κ1) is 20.9. The van der Waals surface area contributed by atoms with Crippen molar-refractivity contribution < 1.29 is 17.9 Å². The number of likely N-dealkylation sites (N-methyl/N-ethyl adjacent to an activating group) is 1. The van der Waals surface area contributed by atoms with Gasteiger partial charge in [-0.1, -0.05) is 0 Å². The summed E-state index contributed by atoms with van der Waals surface area (Å²) < 4.78 is 29.7. The van der Waals surface area contributed by atoms with E-state index >= 15 is 0 Å². The minimum absolute atomic E-state index is 0.0237. The number of nitrogens with zero attached hydrogens (tertiary/aromatic N) is 3. The molecule has 1 fully saturated rings. The third-order valence-electron chi connectivity index (χ3n) is 4.84. The van der Waals surface area contributed by atoms with Gasteiger partial charge < -0.3 is 4.74 Å². The largest absolute Gasteiger partial charge is 0.459 e. The van der Waals surface area contributed by atoms with Crippen molar-refractivity contribution in [1.82, 2.24) is 14.7 Å². The fourth-order valence-electron chi connectivity index (χ4n) is 3.35. The van der Waals surface area contributed by atoms with Crippen molar-refractivity contribution in [3.8, 4) is 0 Å². The number of nitrogens with two attached hydrogens (primary N) is 1. The minimum Gasteiger partial charge on any atom is -0.459 e. The molecule has 8 nitrogen and oxygen atoms in total. The van der Waals surface area contributed by atoms with Crippen molar-refractivity contribution in [3.63, 3.8) is 0 Å². The van der Waals surface area contributed by atoms with Crippen LogP contribution in [0.5, 0.6) is 0 Å². The number of esters is 1. The van der Waals surface area contributed by atoms with Crippen molar-refractivity contribution >= 4 is 16.0 Å². The summed E-state index contributed by atoms with van der Waals surface area (Å²) in [6.45, 7) is 9.00. The molecule has 1 aromatic rings. The lowest BCUT2D eigenvalue weighted by Gasteiger charge is -2.33. The highest BCUT2D eigenvalue weighted by atomic mass is 32.2. The molecule has 0 aromatic carbocycles. The zero-order chi connectivity index (χ0) is 19.8. The first-order valence-corrected chi connectivity index (χ1v) is 10.4. The Kier molecular flexibility index (Phi) is 5.84.